The van der Waals surface area contributed by atoms with Gasteiger partial charge in [-0.15, -0.1) is 0 Å². The van der Waals surface area contributed by atoms with Crippen LogP contribution in [0.1, 0.15) is 52.6 Å². The van der Waals surface area contributed by atoms with Crippen molar-refractivity contribution < 1.29 is 24.1 Å². The van der Waals surface area contributed by atoms with Crippen molar-refractivity contribution in [3.05, 3.63) is 95.1 Å². The number of anilines is 1. The third kappa shape index (κ3) is 6.65. The molecule has 2 aromatic rings. The van der Waals surface area contributed by atoms with E-state index < -0.39 is 23.3 Å². The molecule has 0 fully saturated rings. The number of nitrogens with one attached hydrogen (secondary N) is 1. The maximum atomic E-state index is 13.7. The number of halogens is 3. The van der Waals surface area contributed by atoms with Crippen LogP contribution in [0.25, 0.3) is 0 Å². The van der Waals surface area contributed by atoms with Gasteiger partial charge in [-0.25, -0.2) is 4.99 Å². The third-order valence-electron chi connectivity index (χ3n) is 7.01. The summed E-state index contributed by atoms with van der Waals surface area (Å²) in [4.78, 5) is 19.2. The van der Waals surface area contributed by atoms with Gasteiger partial charge in [-0.1, -0.05) is 37.6 Å². The number of amidine groups is 1. The fraction of sp³-hybridized carbons (Fsp3) is 0.355. The van der Waals surface area contributed by atoms with Crippen molar-refractivity contribution in [3.8, 4) is 5.75 Å². The Morgan fingerprint density at radius 2 is 1.88 bits per heavy atom. The van der Waals surface area contributed by atoms with Crippen LogP contribution in [0.3, 0.4) is 0 Å². The molecule has 0 spiro atoms. The summed E-state index contributed by atoms with van der Waals surface area (Å²) < 4.78 is 47.1. The first-order valence-electron chi connectivity index (χ1n) is 13.5. The summed E-state index contributed by atoms with van der Waals surface area (Å²) in [5.41, 5.74) is 6.51. The Balaban J connectivity index is 0.00000462. The first-order valence-corrected chi connectivity index (χ1v) is 13.5. The molecule has 0 bridgehead atoms. The summed E-state index contributed by atoms with van der Waals surface area (Å²) in [6.45, 7) is 6.01. The van der Waals surface area contributed by atoms with E-state index in [4.69, 9.17) is 15.5 Å². The number of carbonyl (C=O) groups is 1. The second-order valence-electron chi connectivity index (χ2n) is 9.95. The fourth-order valence-corrected chi connectivity index (χ4v) is 4.61. The van der Waals surface area contributed by atoms with Gasteiger partial charge >= 0.3 is 6.18 Å². The Kier molecular flexibility index (Phi) is 8.83. The van der Waals surface area contributed by atoms with E-state index in [1.807, 2.05) is 37.3 Å². The predicted molar refractivity (Wildman–Crippen MR) is 154 cm³/mol. The summed E-state index contributed by atoms with van der Waals surface area (Å²) in [6.07, 6.45) is 5.10. The molecule has 1 aliphatic heterocycles. The Labute approximate surface area is 234 Å². The lowest BCUT2D eigenvalue weighted by Gasteiger charge is -2.30. The van der Waals surface area contributed by atoms with Crippen LogP contribution in [0, 0.1) is 0 Å². The molecule has 3 N–H and O–H groups in total. The molecule has 2 unspecified atom stereocenters. The molecule has 40 heavy (non-hydrogen) atoms. The number of nitrogens with zero attached hydrogens (tertiary/aromatic N) is 2. The predicted octanol–water partition coefficient (Wildman–Crippen LogP) is 6.86. The van der Waals surface area contributed by atoms with Gasteiger partial charge in [0.25, 0.3) is 5.91 Å². The zero-order chi connectivity index (χ0) is 28.9. The number of allylic oxidation sites excluding steroid dienone is 1. The van der Waals surface area contributed by atoms with Gasteiger partial charge in [0.2, 0.25) is 0 Å². The van der Waals surface area contributed by atoms with Crippen LogP contribution in [-0.2, 0) is 17.5 Å². The lowest BCUT2D eigenvalue weighted by Crippen LogP contribution is -2.41. The van der Waals surface area contributed by atoms with Gasteiger partial charge in [-0.3, -0.25) is 9.69 Å². The van der Waals surface area contributed by atoms with Crippen LogP contribution in [0.15, 0.2) is 89.0 Å². The highest BCUT2D eigenvalue weighted by molar-refractivity contribution is 6.15. The van der Waals surface area contributed by atoms with Crippen molar-refractivity contribution >= 4 is 17.4 Å². The van der Waals surface area contributed by atoms with Crippen molar-refractivity contribution in [2.24, 2.45) is 10.7 Å². The Bertz CT molecular complexity index is 1350. The largest absolute Gasteiger partial charge is 0.489 e. The molecule has 9 heteroatoms. The van der Waals surface area contributed by atoms with Gasteiger partial charge in [0.1, 0.15) is 17.7 Å². The normalized spacial score (nSPS) is 21.5. The molecular formula is C31H37F3N4O2. The smallest absolute Gasteiger partial charge is 0.416 e. The molecule has 0 radical (unpaired) electrons. The number of hydrogen-bond acceptors (Lipinski definition) is 5. The molecule has 1 heterocycles. The van der Waals surface area contributed by atoms with Gasteiger partial charge in [-0.05, 0) is 80.3 Å². The number of hydrogen-bond donors (Lipinski definition) is 2. The van der Waals surface area contributed by atoms with Crippen molar-refractivity contribution in [2.75, 3.05) is 11.9 Å². The van der Waals surface area contributed by atoms with E-state index in [2.05, 4.69) is 12.2 Å². The minimum atomic E-state index is -4.54. The highest BCUT2D eigenvalue weighted by atomic mass is 19.4. The minimum Gasteiger partial charge on any atom is -0.489 e. The third-order valence-corrected chi connectivity index (χ3v) is 7.01. The molecule has 4 rings (SSSR count). The van der Waals surface area contributed by atoms with Crippen molar-refractivity contribution in [3.63, 3.8) is 0 Å². The van der Waals surface area contributed by atoms with Crippen molar-refractivity contribution in [1.29, 1.82) is 0 Å². The molecule has 1 aliphatic carbocycles. The molecule has 1 amide bonds. The Morgan fingerprint density at radius 3 is 2.48 bits per heavy atom. The average molecular weight is 555 g/mol. The fourth-order valence-electron chi connectivity index (χ4n) is 4.61. The summed E-state index contributed by atoms with van der Waals surface area (Å²) in [6, 6.07) is 12.8. The summed E-state index contributed by atoms with van der Waals surface area (Å²) in [5, 5.41) is 3.41. The first kappa shape index (κ1) is 29.1. The second kappa shape index (κ2) is 12.1. The number of rotatable bonds is 11. The molecule has 0 saturated heterocycles. The quantitative estimate of drug-likeness (QED) is 0.298. The first-order chi connectivity index (χ1) is 19.1. The lowest BCUT2D eigenvalue weighted by molar-refractivity contribution is -0.138. The highest BCUT2D eigenvalue weighted by Crippen LogP contribution is 2.41. The van der Waals surface area contributed by atoms with E-state index in [1.54, 1.807) is 19.1 Å². The number of alkyl halides is 3. The van der Waals surface area contributed by atoms with E-state index in [1.165, 1.54) is 29.2 Å². The zero-order valence-electron chi connectivity index (χ0n) is 23.0. The van der Waals surface area contributed by atoms with E-state index in [0.29, 0.717) is 23.7 Å². The van der Waals surface area contributed by atoms with Crippen molar-refractivity contribution in [1.82, 2.24) is 4.90 Å². The zero-order valence-corrected chi connectivity index (χ0v) is 23.0. The maximum absolute atomic E-state index is 13.7. The number of unbranched alkanes of at least 4 members (excludes halogenated alkanes) is 1. The van der Waals surface area contributed by atoms with Gasteiger partial charge in [-0.2, -0.15) is 13.2 Å². The number of nitrogens with two attached hydrogens (primary N) is 1. The van der Waals surface area contributed by atoms with Crippen LogP contribution in [0.4, 0.5) is 18.9 Å². The van der Waals surface area contributed by atoms with Gasteiger partial charge in [0, 0.05) is 25.3 Å². The summed E-state index contributed by atoms with van der Waals surface area (Å²) in [7, 11) is 0. The van der Waals surface area contributed by atoms with E-state index >= 15 is 0 Å². The van der Waals surface area contributed by atoms with Crippen LogP contribution < -0.4 is 15.8 Å². The Morgan fingerprint density at radius 1 is 1.18 bits per heavy atom. The molecule has 2 aromatic carbocycles. The van der Waals surface area contributed by atoms with Crippen LogP contribution in [0.2, 0.25) is 0 Å². The molecule has 214 valence electrons. The molecule has 2 aliphatic rings. The second-order valence-corrected chi connectivity index (χ2v) is 9.95. The number of benzene rings is 2. The molecule has 0 aromatic heterocycles. The Hall–Kier alpha value is -3.85. The summed E-state index contributed by atoms with van der Waals surface area (Å²) in [5.74, 6) is 0.578. The monoisotopic (exact) mass is 554 g/mol. The maximum Gasteiger partial charge on any atom is 0.416 e. The van der Waals surface area contributed by atoms with Crippen LogP contribution in [0.5, 0.6) is 5.75 Å². The molecule has 2 atom stereocenters. The average Bonchev–Trinajstić information content (AvgIpc) is 3.56. The van der Waals surface area contributed by atoms with Gasteiger partial charge in [0.05, 0.1) is 12.1 Å². The number of ether oxygens (including phenoxy) is 1. The standard InChI is InChI=1S/C31H35F3N4O2.H2/c1-4-6-10-26(19-35)40-25-15-13-24(14-16-25)36-30(18-21(30)3)37-29-22(5-2)12-17-28(39)38(29)20-23-9-7-8-11-27(23)31(32,33)34;/h5,7-9,11-18,26,36H,4,6,10,19-20,35H2,1-3H3;1H/b22-5-,37-29+;. The number of amides is 1. The molecular weight excluding hydrogens is 517 g/mol. The van der Waals surface area contributed by atoms with E-state index in [0.717, 1.165) is 36.6 Å². The van der Waals surface area contributed by atoms with E-state index in [-0.39, 0.29) is 19.6 Å². The van der Waals surface area contributed by atoms with Gasteiger partial charge in [0.15, 0.2) is 5.66 Å². The SMILES string of the molecule is C/C=C1/C=CC(=O)N(Cc2ccccc2C(F)(F)F)/C1=N/C1(Nc2ccc(OC(CN)CCCC)cc2)C=C1C.[HH]. The van der Waals surface area contributed by atoms with Crippen molar-refractivity contribution in [2.45, 2.75) is 64.5 Å². The van der Waals surface area contributed by atoms with Crippen LogP contribution >= 0.6 is 0 Å². The molecule has 6 nitrogen and oxygen atoms in total. The minimum absolute atomic E-state index is 0. The number of aliphatic imine (C=N–C) groups is 1. The highest BCUT2D eigenvalue weighted by Gasteiger charge is 2.43. The topological polar surface area (TPSA) is 80.0 Å². The lowest BCUT2D eigenvalue weighted by atomic mass is 10.0. The number of carbonyl (C=O) groups excluding carboxylic acids is 1. The van der Waals surface area contributed by atoms with Gasteiger partial charge < -0.3 is 15.8 Å². The summed E-state index contributed by atoms with van der Waals surface area (Å²) >= 11 is 0. The van der Waals surface area contributed by atoms with Crippen LogP contribution in [-0.4, -0.2) is 35.0 Å². The van der Waals surface area contributed by atoms with E-state index in [9.17, 15) is 18.0 Å². The molecule has 0 saturated carbocycles.